The molecule has 4 N–H and O–H groups in total. The van der Waals surface area contributed by atoms with Crippen molar-refractivity contribution in [1.82, 2.24) is 10.6 Å². The predicted molar refractivity (Wildman–Crippen MR) is 63.7 cm³/mol. The number of carbonyl (C=O) groups is 2. The van der Waals surface area contributed by atoms with Crippen molar-refractivity contribution in [2.75, 3.05) is 13.1 Å². The van der Waals surface area contributed by atoms with Crippen LogP contribution in [0.4, 0.5) is 0 Å². The molecule has 0 saturated carbocycles. The molecule has 0 aromatic heterocycles. The highest BCUT2D eigenvalue weighted by Crippen LogP contribution is 2.18. The maximum absolute atomic E-state index is 11.7. The van der Waals surface area contributed by atoms with Crippen molar-refractivity contribution >= 4 is 11.8 Å². The minimum Gasteiger partial charge on any atom is -0.352 e. The first-order valence-corrected chi connectivity index (χ1v) is 5.63. The molecule has 94 valence electrons. The largest absolute Gasteiger partial charge is 0.352 e. The van der Waals surface area contributed by atoms with Crippen LogP contribution in [-0.4, -0.2) is 30.9 Å². The van der Waals surface area contributed by atoms with Gasteiger partial charge in [0, 0.05) is 12.6 Å². The van der Waals surface area contributed by atoms with Gasteiger partial charge in [0.25, 0.3) is 0 Å². The molecule has 2 amide bonds. The second-order valence-corrected chi connectivity index (χ2v) is 4.52. The molecule has 0 heterocycles. The van der Waals surface area contributed by atoms with E-state index in [0.29, 0.717) is 6.42 Å². The third-order valence-electron chi connectivity index (χ3n) is 2.64. The van der Waals surface area contributed by atoms with E-state index >= 15 is 0 Å². The standard InChI is InChI=1S/C11H23N3O2/c1-5-11(4,7-12)10(16)13-6-9(15)14-8(2)3/h8H,5-7,12H2,1-4H3,(H,13,16)(H,14,15). The van der Waals surface area contributed by atoms with Gasteiger partial charge in [-0.3, -0.25) is 9.59 Å². The zero-order valence-corrected chi connectivity index (χ0v) is 10.6. The zero-order chi connectivity index (χ0) is 12.8. The van der Waals surface area contributed by atoms with E-state index in [-0.39, 0.29) is 30.9 Å². The van der Waals surface area contributed by atoms with Gasteiger partial charge in [-0.2, -0.15) is 0 Å². The summed E-state index contributed by atoms with van der Waals surface area (Å²) in [6, 6.07) is 0.0801. The van der Waals surface area contributed by atoms with E-state index in [1.165, 1.54) is 0 Å². The van der Waals surface area contributed by atoms with Gasteiger partial charge in [0.05, 0.1) is 12.0 Å². The van der Waals surface area contributed by atoms with Crippen LogP contribution in [0.25, 0.3) is 0 Å². The van der Waals surface area contributed by atoms with Gasteiger partial charge in [-0.15, -0.1) is 0 Å². The van der Waals surface area contributed by atoms with Crippen LogP contribution in [0.15, 0.2) is 0 Å². The monoisotopic (exact) mass is 229 g/mol. The van der Waals surface area contributed by atoms with E-state index in [0.717, 1.165) is 0 Å². The third-order valence-corrected chi connectivity index (χ3v) is 2.64. The van der Waals surface area contributed by atoms with Crippen molar-refractivity contribution in [2.24, 2.45) is 11.1 Å². The lowest BCUT2D eigenvalue weighted by molar-refractivity contribution is -0.132. The lowest BCUT2D eigenvalue weighted by atomic mass is 9.87. The molecule has 5 nitrogen and oxygen atoms in total. The fraction of sp³-hybridized carbons (Fsp3) is 0.818. The van der Waals surface area contributed by atoms with E-state index in [1.807, 2.05) is 20.8 Å². The van der Waals surface area contributed by atoms with Gasteiger partial charge >= 0.3 is 0 Å². The molecule has 0 aliphatic rings. The fourth-order valence-corrected chi connectivity index (χ4v) is 1.14. The molecular weight excluding hydrogens is 206 g/mol. The summed E-state index contributed by atoms with van der Waals surface area (Å²) in [5.74, 6) is -0.352. The van der Waals surface area contributed by atoms with E-state index in [9.17, 15) is 9.59 Å². The van der Waals surface area contributed by atoms with Crippen molar-refractivity contribution in [3.05, 3.63) is 0 Å². The normalized spacial score (nSPS) is 14.4. The Labute approximate surface area is 97.2 Å². The molecule has 0 radical (unpaired) electrons. The summed E-state index contributed by atoms with van der Waals surface area (Å²) in [5.41, 5.74) is 4.96. The molecule has 0 aliphatic carbocycles. The van der Waals surface area contributed by atoms with Crippen molar-refractivity contribution in [2.45, 2.75) is 40.2 Å². The Morgan fingerprint density at radius 1 is 1.38 bits per heavy atom. The van der Waals surface area contributed by atoms with Crippen LogP contribution in [0.3, 0.4) is 0 Å². The summed E-state index contributed by atoms with van der Waals surface area (Å²) in [6.07, 6.45) is 0.654. The van der Waals surface area contributed by atoms with Crippen LogP contribution >= 0.6 is 0 Å². The summed E-state index contributed by atoms with van der Waals surface area (Å²) in [4.78, 5) is 23.1. The van der Waals surface area contributed by atoms with Gasteiger partial charge in [0.2, 0.25) is 11.8 Å². The molecule has 0 aliphatic heterocycles. The summed E-state index contributed by atoms with van der Waals surface area (Å²) in [7, 11) is 0. The summed E-state index contributed by atoms with van der Waals surface area (Å²) < 4.78 is 0. The summed E-state index contributed by atoms with van der Waals surface area (Å²) >= 11 is 0. The lowest BCUT2D eigenvalue weighted by Gasteiger charge is -2.24. The van der Waals surface area contributed by atoms with Gasteiger partial charge < -0.3 is 16.4 Å². The smallest absolute Gasteiger partial charge is 0.239 e. The van der Waals surface area contributed by atoms with Crippen LogP contribution < -0.4 is 16.4 Å². The van der Waals surface area contributed by atoms with Crippen molar-refractivity contribution < 1.29 is 9.59 Å². The number of carbonyl (C=O) groups excluding carboxylic acids is 2. The maximum atomic E-state index is 11.7. The Hall–Kier alpha value is -1.10. The number of nitrogens with two attached hydrogens (primary N) is 1. The predicted octanol–water partition coefficient (Wildman–Crippen LogP) is 0.00220. The number of amides is 2. The van der Waals surface area contributed by atoms with Gasteiger partial charge in [-0.25, -0.2) is 0 Å². The average Bonchev–Trinajstić information content (AvgIpc) is 2.23. The molecule has 16 heavy (non-hydrogen) atoms. The topological polar surface area (TPSA) is 84.2 Å². The molecule has 0 fully saturated rings. The lowest BCUT2D eigenvalue weighted by Crippen LogP contribution is -2.47. The Balaban J connectivity index is 4.11. The SMILES string of the molecule is CCC(C)(CN)C(=O)NCC(=O)NC(C)C. The number of nitrogens with one attached hydrogen (secondary N) is 2. The number of hydrogen-bond donors (Lipinski definition) is 3. The zero-order valence-electron chi connectivity index (χ0n) is 10.6. The Bertz CT molecular complexity index is 248. The minimum absolute atomic E-state index is 0.00655. The molecular formula is C11H23N3O2. The Morgan fingerprint density at radius 2 is 1.94 bits per heavy atom. The fourth-order valence-electron chi connectivity index (χ4n) is 1.14. The van der Waals surface area contributed by atoms with Gasteiger partial charge in [0.15, 0.2) is 0 Å². The summed E-state index contributed by atoms with van der Waals surface area (Å²) in [6.45, 7) is 7.72. The molecule has 0 aromatic rings. The highest BCUT2D eigenvalue weighted by Gasteiger charge is 2.29. The molecule has 0 spiro atoms. The molecule has 0 bridgehead atoms. The average molecular weight is 229 g/mol. The minimum atomic E-state index is -0.585. The quantitative estimate of drug-likeness (QED) is 0.599. The number of hydrogen-bond acceptors (Lipinski definition) is 3. The second kappa shape index (κ2) is 6.48. The van der Waals surface area contributed by atoms with Crippen LogP contribution in [0.5, 0.6) is 0 Å². The van der Waals surface area contributed by atoms with Crippen LogP contribution in [-0.2, 0) is 9.59 Å². The van der Waals surface area contributed by atoms with Gasteiger partial charge in [0.1, 0.15) is 0 Å². The highest BCUT2D eigenvalue weighted by molar-refractivity contribution is 5.87. The second-order valence-electron chi connectivity index (χ2n) is 4.52. The maximum Gasteiger partial charge on any atom is 0.239 e. The van der Waals surface area contributed by atoms with Crippen LogP contribution in [0.2, 0.25) is 0 Å². The van der Waals surface area contributed by atoms with Crippen molar-refractivity contribution in [3.8, 4) is 0 Å². The first-order valence-electron chi connectivity index (χ1n) is 5.63. The van der Waals surface area contributed by atoms with Gasteiger partial charge in [-0.05, 0) is 27.2 Å². The molecule has 0 aromatic carbocycles. The molecule has 1 unspecified atom stereocenters. The highest BCUT2D eigenvalue weighted by atomic mass is 16.2. The first kappa shape index (κ1) is 14.9. The third kappa shape index (κ3) is 4.61. The molecule has 0 rings (SSSR count). The van der Waals surface area contributed by atoms with Gasteiger partial charge in [-0.1, -0.05) is 6.92 Å². The van der Waals surface area contributed by atoms with Crippen LogP contribution in [0.1, 0.15) is 34.1 Å². The van der Waals surface area contributed by atoms with Crippen molar-refractivity contribution in [3.63, 3.8) is 0 Å². The Kier molecular flexibility index (Phi) is 6.03. The Morgan fingerprint density at radius 3 is 2.31 bits per heavy atom. The summed E-state index contributed by atoms with van der Waals surface area (Å²) in [5, 5.41) is 5.30. The first-order chi connectivity index (χ1) is 7.35. The van der Waals surface area contributed by atoms with E-state index in [2.05, 4.69) is 10.6 Å². The number of rotatable bonds is 6. The van der Waals surface area contributed by atoms with Crippen LogP contribution in [0, 0.1) is 5.41 Å². The molecule has 5 heteroatoms. The van der Waals surface area contributed by atoms with E-state index in [4.69, 9.17) is 5.73 Å². The molecule has 1 atom stereocenters. The van der Waals surface area contributed by atoms with E-state index < -0.39 is 5.41 Å². The van der Waals surface area contributed by atoms with E-state index in [1.54, 1.807) is 6.92 Å². The molecule has 0 saturated heterocycles. The van der Waals surface area contributed by atoms with Crippen molar-refractivity contribution in [1.29, 1.82) is 0 Å².